The van der Waals surface area contributed by atoms with Gasteiger partial charge >= 0.3 is 0 Å². The number of carbonyl (C=O) groups is 1. The number of fused-ring (bicyclic) bond motifs is 1. The van der Waals surface area contributed by atoms with Gasteiger partial charge in [0.2, 0.25) is 0 Å². The fraction of sp³-hybridized carbons (Fsp3) is 0.0909. The number of hydrogen-bond donors (Lipinski definition) is 2. The van der Waals surface area contributed by atoms with Crippen LogP contribution < -0.4 is 11.0 Å². The van der Waals surface area contributed by atoms with Crippen LogP contribution in [0.5, 0.6) is 0 Å². The van der Waals surface area contributed by atoms with Crippen molar-refractivity contribution in [3.05, 3.63) is 45.2 Å². The number of nitrogens with one attached hydrogen (secondary N) is 1. The molecule has 0 radical (unpaired) electrons. The van der Waals surface area contributed by atoms with E-state index in [1.165, 1.54) is 23.2 Å². The molecule has 2 N–H and O–H groups in total. The smallest absolute Gasteiger partial charge is 0.280 e. The highest BCUT2D eigenvalue weighted by molar-refractivity contribution is 6.35. The summed E-state index contributed by atoms with van der Waals surface area (Å²) in [6.07, 6.45) is 0. The van der Waals surface area contributed by atoms with E-state index in [1.807, 2.05) is 0 Å². The van der Waals surface area contributed by atoms with Crippen molar-refractivity contribution in [2.75, 3.05) is 0 Å². The third-order valence-electron chi connectivity index (χ3n) is 2.56. The molecule has 0 bridgehead atoms. The summed E-state index contributed by atoms with van der Waals surface area (Å²) in [5.74, 6) is -0.854. The number of nitrogens with zero attached hydrogens (tertiary/aromatic N) is 1. The molecular weight excluding hydrogens is 244 g/mol. The Morgan fingerprint density at radius 3 is 2.82 bits per heavy atom. The van der Waals surface area contributed by atoms with E-state index >= 15 is 0 Å². The normalized spacial score (nSPS) is 10.5. The van der Waals surface area contributed by atoms with Crippen molar-refractivity contribution in [3.8, 4) is 0 Å². The molecule has 0 saturated heterocycles. The maximum Gasteiger partial charge on any atom is 0.280 e. The van der Waals surface area contributed by atoms with Crippen LogP contribution in [0.15, 0.2) is 29.1 Å². The predicted molar refractivity (Wildman–Crippen MR) is 63.5 cm³/mol. The van der Waals surface area contributed by atoms with Crippen LogP contribution in [0, 0.1) is 0 Å². The molecule has 1 amide bonds. The second kappa shape index (κ2) is 4.20. The highest BCUT2D eigenvalue weighted by atomic mass is 35.5. The van der Waals surface area contributed by atoms with Gasteiger partial charge in [0.05, 0.1) is 5.52 Å². The van der Waals surface area contributed by atoms with Gasteiger partial charge in [-0.15, -0.1) is 0 Å². The molecule has 0 unspecified atom stereocenters. The zero-order chi connectivity index (χ0) is 12.6. The second-order valence-electron chi connectivity index (χ2n) is 3.54. The van der Waals surface area contributed by atoms with Gasteiger partial charge in [0, 0.05) is 17.5 Å². The number of benzene rings is 1. The Hall–Kier alpha value is -1.85. The summed E-state index contributed by atoms with van der Waals surface area (Å²) >= 11 is 5.99. The van der Waals surface area contributed by atoms with Gasteiger partial charge < -0.3 is 4.57 Å². The van der Waals surface area contributed by atoms with Crippen LogP contribution in [-0.2, 0) is 7.05 Å². The van der Waals surface area contributed by atoms with Crippen LogP contribution in [0.3, 0.4) is 0 Å². The monoisotopic (exact) mass is 252 g/mol. The van der Waals surface area contributed by atoms with Crippen LogP contribution in [0.1, 0.15) is 10.4 Å². The number of halogens is 1. The summed E-state index contributed by atoms with van der Waals surface area (Å²) in [4.78, 5) is 23.2. The largest absolute Gasteiger partial charge is 0.311 e. The van der Waals surface area contributed by atoms with Crippen LogP contribution in [-0.4, -0.2) is 15.7 Å². The van der Waals surface area contributed by atoms with Gasteiger partial charge in [0.1, 0.15) is 5.56 Å². The van der Waals surface area contributed by atoms with E-state index in [9.17, 15) is 9.59 Å². The van der Waals surface area contributed by atoms with Gasteiger partial charge in [0.25, 0.3) is 11.5 Å². The van der Waals surface area contributed by atoms with Crippen LogP contribution >= 0.6 is 11.6 Å². The maximum absolute atomic E-state index is 11.8. The first-order valence-corrected chi connectivity index (χ1v) is 5.16. The van der Waals surface area contributed by atoms with Crippen LogP contribution in [0.4, 0.5) is 0 Å². The average molecular weight is 253 g/mol. The summed E-state index contributed by atoms with van der Waals surface area (Å²) in [6, 6.07) is 6.47. The molecule has 0 aliphatic rings. The fourth-order valence-electron chi connectivity index (χ4n) is 1.68. The molecule has 88 valence electrons. The minimum absolute atomic E-state index is 0.157. The molecule has 0 aliphatic heterocycles. The Morgan fingerprint density at radius 1 is 1.47 bits per heavy atom. The number of hydrogen-bond acceptors (Lipinski definition) is 3. The molecule has 1 aromatic carbocycles. The van der Waals surface area contributed by atoms with Crippen molar-refractivity contribution in [2.24, 2.45) is 7.05 Å². The van der Waals surface area contributed by atoms with E-state index in [0.717, 1.165) is 0 Å². The Bertz CT molecular complexity index is 664. The summed E-state index contributed by atoms with van der Waals surface area (Å²) in [6.45, 7) is 0. The zero-order valence-electron chi connectivity index (χ0n) is 8.90. The van der Waals surface area contributed by atoms with E-state index in [-0.39, 0.29) is 5.56 Å². The average Bonchev–Trinajstić information content (AvgIpc) is 2.33. The third-order valence-corrected chi connectivity index (χ3v) is 2.89. The predicted octanol–water partition coefficient (Wildman–Crippen LogP) is 1.31. The molecule has 0 saturated carbocycles. The van der Waals surface area contributed by atoms with Gasteiger partial charge in [0.15, 0.2) is 0 Å². The lowest BCUT2D eigenvalue weighted by Gasteiger charge is -2.08. The molecule has 5 nitrogen and oxygen atoms in total. The van der Waals surface area contributed by atoms with E-state index in [0.29, 0.717) is 15.9 Å². The zero-order valence-corrected chi connectivity index (χ0v) is 9.65. The molecule has 2 rings (SSSR count). The molecule has 0 fully saturated rings. The number of rotatable bonds is 1. The lowest BCUT2D eigenvalue weighted by Crippen LogP contribution is -2.30. The molecule has 17 heavy (non-hydrogen) atoms. The highest BCUT2D eigenvalue weighted by Gasteiger charge is 2.14. The van der Waals surface area contributed by atoms with Crippen molar-refractivity contribution in [3.63, 3.8) is 0 Å². The molecule has 0 aliphatic carbocycles. The number of amides is 1. The topological polar surface area (TPSA) is 71.3 Å². The second-order valence-corrected chi connectivity index (χ2v) is 3.94. The van der Waals surface area contributed by atoms with Gasteiger partial charge in [-0.1, -0.05) is 17.7 Å². The molecule has 2 aromatic rings. The third kappa shape index (κ3) is 1.79. The SMILES string of the molecule is Cn1c(=O)c(C(=O)NO)cc2c(Cl)cccc21. The summed E-state index contributed by atoms with van der Waals surface area (Å²) in [7, 11) is 1.54. The van der Waals surface area contributed by atoms with E-state index in [2.05, 4.69) is 0 Å². The minimum atomic E-state index is -0.854. The summed E-state index contributed by atoms with van der Waals surface area (Å²) in [5.41, 5.74) is 1.41. The quantitative estimate of drug-likeness (QED) is 0.594. The first-order valence-electron chi connectivity index (χ1n) is 4.79. The van der Waals surface area contributed by atoms with E-state index in [4.69, 9.17) is 16.8 Å². The molecular formula is C11H9ClN2O3. The number of carbonyl (C=O) groups excluding carboxylic acids is 1. The van der Waals surface area contributed by atoms with Crippen molar-refractivity contribution in [1.82, 2.24) is 10.0 Å². The van der Waals surface area contributed by atoms with Gasteiger partial charge in [-0.2, -0.15) is 0 Å². The number of hydroxylamine groups is 1. The maximum atomic E-state index is 11.8. The summed E-state index contributed by atoms with van der Waals surface area (Å²) < 4.78 is 1.31. The molecule has 1 heterocycles. The minimum Gasteiger partial charge on any atom is -0.311 e. The van der Waals surface area contributed by atoms with Gasteiger partial charge in [-0.05, 0) is 18.2 Å². The number of pyridine rings is 1. The lowest BCUT2D eigenvalue weighted by molar-refractivity contribution is 0.0704. The van der Waals surface area contributed by atoms with Crippen molar-refractivity contribution in [2.45, 2.75) is 0 Å². The molecule has 0 atom stereocenters. The van der Waals surface area contributed by atoms with Crippen LogP contribution in [0.25, 0.3) is 10.9 Å². The summed E-state index contributed by atoms with van der Waals surface area (Å²) in [5, 5.41) is 9.58. The van der Waals surface area contributed by atoms with E-state index < -0.39 is 11.5 Å². The Kier molecular flexibility index (Phi) is 2.87. The Morgan fingerprint density at radius 2 is 2.18 bits per heavy atom. The number of aromatic nitrogens is 1. The molecule has 1 aromatic heterocycles. The number of aryl methyl sites for hydroxylation is 1. The van der Waals surface area contributed by atoms with Crippen molar-refractivity contribution < 1.29 is 10.0 Å². The standard InChI is InChI=1S/C11H9ClN2O3/c1-14-9-4-2-3-8(12)6(9)5-7(11(14)16)10(15)13-17/h2-5,17H,1H3,(H,13,15). The first-order chi connectivity index (χ1) is 8.06. The lowest BCUT2D eigenvalue weighted by atomic mass is 10.1. The van der Waals surface area contributed by atoms with Gasteiger partial charge in [-0.25, -0.2) is 5.48 Å². The first kappa shape index (κ1) is 11.6. The molecule has 6 heteroatoms. The molecule has 0 spiro atoms. The Labute approximate surface area is 101 Å². The van der Waals surface area contributed by atoms with E-state index in [1.54, 1.807) is 18.2 Å². The fourth-order valence-corrected chi connectivity index (χ4v) is 1.90. The highest BCUT2D eigenvalue weighted by Crippen LogP contribution is 2.22. The van der Waals surface area contributed by atoms with Gasteiger partial charge in [-0.3, -0.25) is 14.8 Å². The van der Waals surface area contributed by atoms with Crippen molar-refractivity contribution in [1.29, 1.82) is 0 Å². The Balaban J connectivity index is 2.91. The van der Waals surface area contributed by atoms with Crippen LogP contribution in [0.2, 0.25) is 5.02 Å². The van der Waals surface area contributed by atoms with Crippen molar-refractivity contribution >= 4 is 28.4 Å².